The molecule has 4 rings (SSSR count). The number of hydrogen-bond donors (Lipinski definition) is 4. The molecule has 0 aromatic carbocycles. The van der Waals surface area contributed by atoms with Gasteiger partial charge in [-0.1, -0.05) is 87.5 Å². The highest BCUT2D eigenvalue weighted by molar-refractivity contribution is 8.00. The van der Waals surface area contributed by atoms with Gasteiger partial charge in [0.15, 0.2) is 0 Å². The van der Waals surface area contributed by atoms with Crippen LogP contribution >= 0.6 is 11.8 Å². The summed E-state index contributed by atoms with van der Waals surface area (Å²) < 4.78 is 0.0617. The zero-order valence-electron chi connectivity index (χ0n) is 28.0. The molecule has 3 aliphatic carbocycles. The van der Waals surface area contributed by atoms with Crippen molar-refractivity contribution >= 4 is 41.3 Å². The molecule has 4 fully saturated rings. The number of nitrogens with one attached hydrogen (secondary N) is 3. The molecule has 5 N–H and O–H groups in total. The van der Waals surface area contributed by atoms with Crippen LogP contribution in [0.5, 0.6) is 0 Å². The zero-order valence-corrected chi connectivity index (χ0v) is 28.8. The number of thioether (sulfide) groups is 1. The second-order valence-electron chi connectivity index (χ2n) is 16.5. The number of Topliss-reactive ketones (excluding diaryl/α,β-unsaturated/α-hetero) is 1. The second kappa shape index (κ2) is 12.5. The van der Waals surface area contributed by atoms with E-state index in [1.165, 1.54) is 0 Å². The fourth-order valence-electron chi connectivity index (χ4n) is 7.27. The highest BCUT2D eigenvalue weighted by atomic mass is 32.2. The van der Waals surface area contributed by atoms with Crippen LogP contribution in [0.4, 0.5) is 4.79 Å². The molecular formula is C33H55N5O5S. The largest absolute Gasteiger partial charge is 0.363 e. The summed E-state index contributed by atoms with van der Waals surface area (Å²) in [5, 5.41) is 9.12. The van der Waals surface area contributed by atoms with Crippen LogP contribution in [0.2, 0.25) is 0 Å². The molecule has 44 heavy (non-hydrogen) atoms. The van der Waals surface area contributed by atoms with E-state index < -0.39 is 41.1 Å². The van der Waals surface area contributed by atoms with Crippen LogP contribution in [0, 0.1) is 28.6 Å². The zero-order chi connectivity index (χ0) is 32.8. The van der Waals surface area contributed by atoms with Crippen LogP contribution < -0.4 is 21.7 Å². The number of nitrogens with zero attached hydrogens (tertiary/aromatic N) is 1. The van der Waals surface area contributed by atoms with Gasteiger partial charge in [-0.2, -0.15) is 11.8 Å². The molecule has 11 heteroatoms. The van der Waals surface area contributed by atoms with Crippen molar-refractivity contribution in [3.8, 4) is 0 Å². The summed E-state index contributed by atoms with van der Waals surface area (Å²) in [6, 6.07) is -3.03. The Labute approximate surface area is 267 Å². The summed E-state index contributed by atoms with van der Waals surface area (Å²) in [5.74, 6) is -1.49. The number of piperidine rings is 1. The lowest BCUT2D eigenvalue weighted by atomic mass is 9.83. The topological polar surface area (TPSA) is 151 Å². The normalized spacial score (nSPS) is 27.0. The van der Waals surface area contributed by atoms with E-state index in [0.29, 0.717) is 13.0 Å². The minimum Gasteiger partial charge on any atom is -0.363 e. The van der Waals surface area contributed by atoms with Gasteiger partial charge >= 0.3 is 6.03 Å². The molecule has 3 saturated carbocycles. The molecule has 248 valence electrons. The second-order valence-corrected chi connectivity index (χ2v) is 18.3. The number of hydrogen-bond acceptors (Lipinski definition) is 6. The smallest absolute Gasteiger partial charge is 0.315 e. The standard InChI is InChI=1S/C33H55N5O5S/c1-30(2,3)25(36-29(43)37-33(14-10-9-11-15-33)18-44-31(4,5)6)28(42)38-17-20-22(32(20,7)8)23(38)27(41)35-21(16-19-12-13-19)24(39)26(34)40/h19-23,25H,9-18H2,1-8H3,(H2,34,40)(H,35,41)(H2,36,37,43)/t20?,21?,22?,23-,25+/m0/s1. The molecule has 1 aliphatic heterocycles. The number of carbonyl (C=O) groups excluding carboxylic acids is 5. The lowest BCUT2D eigenvalue weighted by Gasteiger charge is -2.41. The van der Waals surface area contributed by atoms with Crippen molar-refractivity contribution in [3.63, 3.8) is 0 Å². The minimum atomic E-state index is -1.07. The molecule has 0 spiro atoms. The number of primary amides is 1. The Morgan fingerprint density at radius 2 is 1.57 bits per heavy atom. The fourth-order valence-corrected chi connectivity index (χ4v) is 8.34. The van der Waals surface area contributed by atoms with Crippen molar-refractivity contribution in [2.75, 3.05) is 12.3 Å². The summed E-state index contributed by atoms with van der Waals surface area (Å²) >= 11 is 1.84. The Balaban J connectivity index is 1.52. The molecule has 5 atom stereocenters. The Morgan fingerprint density at radius 3 is 2.09 bits per heavy atom. The molecule has 0 bridgehead atoms. The minimum absolute atomic E-state index is 0.0617. The molecule has 5 amide bonds. The van der Waals surface area contributed by atoms with Gasteiger partial charge in [0.1, 0.15) is 12.1 Å². The van der Waals surface area contributed by atoms with E-state index in [-0.39, 0.29) is 45.4 Å². The lowest BCUT2D eigenvalue weighted by molar-refractivity contribution is -0.145. The van der Waals surface area contributed by atoms with E-state index in [1.54, 1.807) is 4.90 Å². The van der Waals surface area contributed by atoms with Crippen LogP contribution in [0.15, 0.2) is 0 Å². The summed E-state index contributed by atoms with van der Waals surface area (Å²) in [6.07, 6.45) is 7.31. The van der Waals surface area contributed by atoms with Gasteiger partial charge in [0.05, 0.1) is 11.6 Å². The Hall–Kier alpha value is -2.30. The van der Waals surface area contributed by atoms with E-state index in [1.807, 2.05) is 32.5 Å². The summed E-state index contributed by atoms with van der Waals surface area (Å²) in [4.78, 5) is 67.8. The lowest BCUT2D eigenvalue weighted by Crippen LogP contribution is -2.63. The summed E-state index contributed by atoms with van der Waals surface area (Å²) in [7, 11) is 0. The van der Waals surface area contributed by atoms with Gasteiger partial charge in [-0.05, 0) is 47.8 Å². The molecule has 4 aliphatic rings. The third-order valence-electron chi connectivity index (χ3n) is 10.3. The molecule has 10 nitrogen and oxygen atoms in total. The van der Waals surface area contributed by atoms with E-state index >= 15 is 0 Å². The van der Waals surface area contributed by atoms with Crippen LogP contribution in [0.3, 0.4) is 0 Å². The molecule has 0 aromatic heterocycles. The Morgan fingerprint density at radius 1 is 0.955 bits per heavy atom. The van der Waals surface area contributed by atoms with Crippen LogP contribution in [-0.4, -0.2) is 75.1 Å². The van der Waals surface area contributed by atoms with E-state index in [0.717, 1.165) is 50.7 Å². The van der Waals surface area contributed by atoms with E-state index in [2.05, 4.69) is 50.6 Å². The van der Waals surface area contributed by atoms with Crippen LogP contribution in [0.1, 0.15) is 107 Å². The average molecular weight is 634 g/mol. The number of nitrogens with two attached hydrogens (primary N) is 1. The van der Waals surface area contributed by atoms with Crippen molar-refractivity contribution in [3.05, 3.63) is 0 Å². The van der Waals surface area contributed by atoms with Gasteiger partial charge in [0.2, 0.25) is 17.6 Å². The fraction of sp³-hybridized carbons (Fsp3) is 0.848. The number of likely N-dealkylation sites (tertiary alicyclic amines) is 1. The van der Waals surface area contributed by atoms with E-state index in [4.69, 9.17) is 5.73 Å². The molecule has 0 radical (unpaired) electrons. The first-order valence-corrected chi connectivity index (χ1v) is 17.4. The third kappa shape index (κ3) is 7.91. The Kier molecular flexibility index (Phi) is 9.80. The van der Waals surface area contributed by atoms with Gasteiger partial charge in [-0.3, -0.25) is 19.2 Å². The predicted octanol–water partition coefficient (Wildman–Crippen LogP) is 3.76. The highest BCUT2D eigenvalue weighted by Gasteiger charge is 2.70. The first-order chi connectivity index (χ1) is 20.3. The molecule has 1 saturated heterocycles. The van der Waals surface area contributed by atoms with Crippen molar-refractivity contribution in [2.24, 2.45) is 34.3 Å². The quantitative estimate of drug-likeness (QED) is 0.255. The number of urea groups is 1. The van der Waals surface area contributed by atoms with Gasteiger partial charge < -0.3 is 26.6 Å². The van der Waals surface area contributed by atoms with Crippen molar-refractivity contribution in [1.82, 2.24) is 20.9 Å². The molecule has 3 unspecified atom stereocenters. The number of amides is 5. The summed E-state index contributed by atoms with van der Waals surface area (Å²) in [6.45, 7) is 16.8. The highest BCUT2D eigenvalue weighted by Crippen LogP contribution is 2.65. The van der Waals surface area contributed by atoms with Crippen LogP contribution in [-0.2, 0) is 19.2 Å². The number of rotatable bonds is 11. The number of carbonyl (C=O) groups is 5. The van der Waals surface area contributed by atoms with Gasteiger partial charge in [-0.25, -0.2) is 4.79 Å². The maximum atomic E-state index is 14.3. The van der Waals surface area contributed by atoms with E-state index in [9.17, 15) is 24.0 Å². The first-order valence-electron chi connectivity index (χ1n) is 16.4. The van der Waals surface area contributed by atoms with Crippen molar-refractivity contribution < 1.29 is 24.0 Å². The molecular weight excluding hydrogens is 578 g/mol. The molecule has 0 aromatic rings. The maximum Gasteiger partial charge on any atom is 0.315 e. The predicted molar refractivity (Wildman–Crippen MR) is 173 cm³/mol. The number of ketones is 1. The summed E-state index contributed by atoms with van der Waals surface area (Å²) in [5.41, 5.74) is 4.21. The maximum absolute atomic E-state index is 14.3. The SMILES string of the molecule is CC(C)(C)SCC1(NC(=O)N[C@H](C(=O)N2CC3C([C@H]2C(=O)NC(CC2CC2)C(=O)C(N)=O)C3(C)C)C(C)(C)C)CCCCC1. The van der Waals surface area contributed by atoms with Crippen LogP contribution in [0.25, 0.3) is 0 Å². The van der Waals surface area contributed by atoms with Gasteiger partial charge in [0.25, 0.3) is 5.91 Å². The van der Waals surface area contributed by atoms with Crippen molar-refractivity contribution in [1.29, 1.82) is 0 Å². The Bertz CT molecular complexity index is 1150. The third-order valence-corrected chi connectivity index (χ3v) is 11.8. The van der Waals surface area contributed by atoms with Crippen molar-refractivity contribution in [2.45, 2.75) is 135 Å². The average Bonchev–Trinajstić information content (AvgIpc) is 3.76. The number of fused-ring (bicyclic) bond motifs is 1. The monoisotopic (exact) mass is 633 g/mol. The molecule has 1 heterocycles. The van der Waals surface area contributed by atoms with Gasteiger partial charge in [-0.15, -0.1) is 0 Å². The van der Waals surface area contributed by atoms with Gasteiger partial charge in [0, 0.05) is 17.0 Å². The first kappa shape index (κ1) is 34.6.